The van der Waals surface area contributed by atoms with Gasteiger partial charge in [-0.2, -0.15) is 0 Å². The van der Waals surface area contributed by atoms with Gasteiger partial charge in [0, 0.05) is 19.6 Å². The van der Waals surface area contributed by atoms with Crippen molar-refractivity contribution in [3.63, 3.8) is 0 Å². The van der Waals surface area contributed by atoms with Crippen molar-refractivity contribution >= 4 is 5.97 Å². The van der Waals surface area contributed by atoms with E-state index in [2.05, 4.69) is 17.1 Å². The molecule has 2 rings (SSSR count). The minimum absolute atomic E-state index is 0.114. The fraction of sp³-hybridized carbons (Fsp3) is 0.933. The lowest BCUT2D eigenvalue weighted by Crippen LogP contribution is -2.46. The number of esters is 1. The maximum Gasteiger partial charge on any atom is 0.323 e. The smallest absolute Gasteiger partial charge is 0.323 e. The Morgan fingerprint density at radius 2 is 2.05 bits per heavy atom. The first kappa shape index (κ1) is 15.7. The van der Waals surface area contributed by atoms with Crippen LogP contribution < -0.4 is 5.32 Å². The lowest BCUT2D eigenvalue weighted by atomic mass is 10.1. The summed E-state index contributed by atoms with van der Waals surface area (Å²) < 4.78 is 11.0. The lowest BCUT2D eigenvalue weighted by molar-refractivity contribution is -0.146. The quantitative estimate of drug-likeness (QED) is 0.678. The fourth-order valence-corrected chi connectivity index (χ4v) is 3.06. The summed E-state index contributed by atoms with van der Waals surface area (Å²) in [5, 5.41) is 3.30. The minimum atomic E-state index is -0.171. The number of hydrogen-bond acceptors (Lipinski definition) is 5. The lowest BCUT2D eigenvalue weighted by Gasteiger charge is -2.32. The Bertz CT molecular complexity index is 299. The molecule has 5 nitrogen and oxygen atoms in total. The Morgan fingerprint density at radius 3 is 2.65 bits per heavy atom. The average molecular weight is 284 g/mol. The number of hydrogen-bond donors (Lipinski definition) is 1. The number of nitrogens with zero attached hydrogens (tertiary/aromatic N) is 1. The van der Waals surface area contributed by atoms with E-state index in [0.717, 1.165) is 39.0 Å². The molecule has 2 fully saturated rings. The van der Waals surface area contributed by atoms with Gasteiger partial charge in [0.1, 0.15) is 6.04 Å². The number of likely N-dealkylation sites (tertiary alicyclic amines) is 1. The fourth-order valence-electron chi connectivity index (χ4n) is 3.06. The molecule has 0 radical (unpaired) electrons. The van der Waals surface area contributed by atoms with Gasteiger partial charge in [0.05, 0.1) is 18.8 Å². The molecule has 20 heavy (non-hydrogen) atoms. The minimum Gasteiger partial charge on any atom is -0.465 e. The van der Waals surface area contributed by atoms with Gasteiger partial charge >= 0.3 is 5.97 Å². The zero-order valence-electron chi connectivity index (χ0n) is 12.8. The SMILES string of the molecule is CCCNC(CCN1CC2CCC(C1)O2)C(=O)OCC. The first-order chi connectivity index (χ1) is 9.72. The highest BCUT2D eigenvalue weighted by molar-refractivity contribution is 5.75. The Labute approximate surface area is 122 Å². The van der Waals surface area contributed by atoms with E-state index < -0.39 is 0 Å². The molecule has 0 aromatic rings. The molecule has 3 atom stereocenters. The summed E-state index contributed by atoms with van der Waals surface area (Å²) in [7, 11) is 0. The Kier molecular flexibility index (Phi) is 6.26. The van der Waals surface area contributed by atoms with E-state index in [-0.39, 0.29) is 12.0 Å². The second kappa shape index (κ2) is 7.96. The van der Waals surface area contributed by atoms with Crippen LogP contribution in [0.3, 0.4) is 0 Å². The maximum absolute atomic E-state index is 11.9. The van der Waals surface area contributed by atoms with E-state index in [9.17, 15) is 4.79 Å². The number of nitrogens with one attached hydrogen (secondary N) is 1. The number of fused-ring (bicyclic) bond motifs is 2. The largest absolute Gasteiger partial charge is 0.465 e. The summed E-state index contributed by atoms with van der Waals surface area (Å²) >= 11 is 0. The van der Waals surface area contributed by atoms with Crippen molar-refractivity contribution in [2.24, 2.45) is 0 Å². The molecule has 0 saturated carbocycles. The molecule has 2 aliphatic heterocycles. The van der Waals surface area contributed by atoms with Gasteiger partial charge in [0.2, 0.25) is 0 Å². The van der Waals surface area contributed by atoms with Gasteiger partial charge in [0.25, 0.3) is 0 Å². The Hall–Kier alpha value is -0.650. The van der Waals surface area contributed by atoms with E-state index >= 15 is 0 Å². The first-order valence-corrected chi connectivity index (χ1v) is 8.00. The molecular formula is C15H28N2O3. The highest BCUT2D eigenvalue weighted by Crippen LogP contribution is 2.26. The second-order valence-electron chi connectivity index (χ2n) is 5.76. The molecule has 0 spiro atoms. The number of morpholine rings is 1. The van der Waals surface area contributed by atoms with E-state index in [1.54, 1.807) is 0 Å². The molecule has 0 aromatic heterocycles. The summed E-state index contributed by atoms with van der Waals surface area (Å²) in [6, 6.07) is -0.171. The predicted octanol–water partition coefficient (Wildman–Crippen LogP) is 1.17. The summed E-state index contributed by atoms with van der Waals surface area (Å²) in [4.78, 5) is 14.4. The van der Waals surface area contributed by atoms with Gasteiger partial charge in [-0.1, -0.05) is 6.92 Å². The van der Waals surface area contributed by atoms with Crippen molar-refractivity contribution < 1.29 is 14.3 Å². The Morgan fingerprint density at radius 1 is 1.35 bits per heavy atom. The normalized spacial score (nSPS) is 27.5. The van der Waals surface area contributed by atoms with Crippen molar-refractivity contribution in [3.8, 4) is 0 Å². The van der Waals surface area contributed by atoms with Crippen molar-refractivity contribution in [1.82, 2.24) is 10.2 Å². The summed E-state index contributed by atoms with van der Waals surface area (Å²) in [5.41, 5.74) is 0. The monoisotopic (exact) mass is 284 g/mol. The summed E-state index contributed by atoms with van der Waals surface area (Å²) in [6.45, 7) is 8.24. The standard InChI is InChI=1S/C15H28N2O3/c1-3-8-16-14(15(18)19-4-2)7-9-17-10-12-5-6-13(11-17)20-12/h12-14,16H,3-11H2,1-2H3. The summed E-state index contributed by atoms with van der Waals surface area (Å²) in [6.07, 6.45) is 5.06. The predicted molar refractivity (Wildman–Crippen MR) is 77.7 cm³/mol. The molecule has 1 N–H and O–H groups in total. The molecule has 116 valence electrons. The van der Waals surface area contributed by atoms with Gasteiger partial charge in [0.15, 0.2) is 0 Å². The zero-order chi connectivity index (χ0) is 14.4. The maximum atomic E-state index is 11.9. The summed E-state index contributed by atoms with van der Waals surface area (Å²) in [5.74, 6) is -0.114. The molecule has 3 unspecified atom stereocenters. The van der Waals surface area contributed by atoms with Crippen LogP contribution in [0.15, 0.2) is 0 Å². The molecule has 5 heteroatoms. The van der Waals surface area contributed by atoms with Gasteiger partial charge in [-0.15, -0.1) is 0 Å². The van der Waals surface area contributed by atoms with E-state index in [0.29, 0.717) is 18.8 Å². The topological polar surface area (TPSA) is 50.8 Å². The van der Waals surface area contributed by atoms with Crippen LogP contribution in [-0.4, -0.2) is 61.9 Å². The number of rotatable bonds is 8. The molecule has 0 amide bonds. The number of ether oxygens (including phenoxy) is 2. The van der Waals surface area contributed by atoms with Crippen LogP contribution in [0.25, 0.3) is 0 Å². The highest BCUT2D eigenvalue weighted by Gasteiger charge is 2.33. The van der Waals surface area contributed by atoms with Crippen LogP contribution in [0, 0.1) is 0 Å². The number of carbonyl (C=O) groups excluding carboxylic acids is 1. The van der Waals surface area contributed by atoms with Crippen LogP contribution in [0.4, 0.5) is 0 Å². The van der Waals surface area contributed by atoms with Crippen molar-refractivity contribution in [2.45, 2.75) is 57.8 Å². The van der Waals surface area contributed by atoms with E-state index in [1.807, 2.05) is 6.92 Å². The number of carbonyl (C=O) groups is 1. The van der Waals surface area contributed by atoms with Gasteiger partial charge < -0.3 is 14.8 Å². The molecular weight excluding hydrogens is 256 g/mol. The van der Waals surface area contributed by atoms with Crippen LogP contribution in [0.2, 0.25) is 0 Å². The molecule has 2 aliphatic rings. The average Bonchev–Trinajstić information content (AvgIpc) is 2.78. The van der Waals surface area contributed by atoms with Crippen LogP contribution >= 0.6 is 0 Å². The van der Waals surface area contributed by atoms with Gasteiger partial charge in [-0.25, -0.2) is 0 Å². The van der Waals surface area contributed by atoms with Crippen molar-refractivity contribution in [1.29, 1.82) is 0 Å². The first-order valence-electron chi connectivity index (χ1n) is 8.00. The second-order valence-corrected chi connectivity index (χ2v) is 5.76. The third-order valence-corrected chi connectivity index (χ3v) is 4.07. The third kappa shape index (κ3) is 4.43. The van der Waals surface area contributed by atoms with Crippen LogP contribution in [-0.2, 0) is 14.3 Å². The molecule has 2 saturated heterocycles. The van der Waals surface area contributed by atoms with E-state index in [4.69, 9.17) is 9.47 Å². The van der Waals surface area contributed by atoms with Crippen molar-refractivity contribution in [3.05, 3.63) is 0 Å². The zero-order valence-corrected chi connectivity index (χ0v) is 12.8. The molecule has 2 heterocycles. The van der Waals surface area contributed by atoms with E-state index in [1.165, 1.54) is 12.8 Å². The molecule has 2 bridgehead atoms. The van der Waals surface area contributed by atoms with Crippen LogP contribution in [0.1, 0.15) is 39.5 Å². The van der Waals surface area contributed by atoms with Crippen molar-refractivity contribution in [2.75, 3.05) is 32.8 Å². The van der Waals surface area contributed by atoms with Crippen LogP contribution in [0.5, 0.6) is 0 Å². The van der Waals surface area contributed by atoms with Gasteiger partial charge in [-0.3, -0.25) is 9.69 Å². The third-order valence-electron chi connectivity index (χ3n) is 4.07. The highest BCUT2D eigenvalue weighted by atomic mass is 16.5. The Balaban J connectivity index is 1.76. The van der Waals surface area contributed by atoms with Gasteiger partial charge in [-0.05, 0) is 39.2 Å². The molecule has 0 aliphatic carbocycles. The molecule has 0 aromatic carbocycles.